The number of sulfonamides is 1. The fraction of sp³-hybridized carbons (Fsp3) is 0.345. The highest BCUT2D eigenvalue weighted by Crippen LogP contribution is 2.32. The SMILES string of the molecule is COc1ccc(S(=O)(=O)N(CC(=O)NC(C)c2ccc(N3CCCCC3)cc2)c2ccc(F)cc2)cc1OC. The minimum Gasteiger partial charge on any atom is -0.493 e. The van der Waals surface area contributed by atoms with Gasteiger partial charge in [0.1, 0.15) is 12.4 Å². The molecule has 0 aromatic heterocycles. The van der Waals surface area contributed by atoms with Crippen LogP contribution in [0.1, 0.15) is 37.8 Å². The molecule has 0 bridgehead atoms. The first-order valence-corrected chi connectivity index (χ1v) is 14.3. The molecule has 0 saturated carbocycles. The van der Waals surface area contributed by atoms with Crippen LogP contribution in [0, 0.1) is 5.82 Å². The van der Waals surface area contributed by atoms with E-state index in [9.17, 15) is 17.6 Å². The van der Waals surface area contributed by atoms with E-state index in [4.69, 9.17) is 9.47 Å². The number of halogens is 1. The molecular weight excluding hydrogens is 521 g/mol. The van der Waals surface area contributed by atoms with E-state index in [2.05, 4.69) is 22.3 Å². The normalized spacial score (nSPS) is 14.4. The summed E-state index contributed by atoms with van der Waals surface area (Å²) in [6, 6.07) is 16.8. The molecule has 3 aromatic rings. The van der Waals surface area contributed by atoms with Gasteiger partial charge in [-0.25, -0.2) is 12.8 Å². The van der Waals surface area contributed by atoms with E-state index in [1.54, 1.807) is 0 Å². The van der Waals surface area contributed by atoms with Gasteiger partial charge in [0.05, 0.1) is 30.8 Å². The molecule has 0 spiro atoms. The van der Waals surface area contributed by atoms with Crippen LogP contribution < -0.4 is 24.0 Å². The standard InChI is InChI=1S/C29H34FN3O5S/c1-21(22-7-11-24(12-8-22)32-17-5-4-6-18-32)31-29(34)20-33(25-13-9-23(30)10-14-25)39(35,36)26-15-16-27(37-2)28(19-26)38-3/h7-16,19,21H,4-6,17-18,20H2,1-3H3,(H,31,34). The number of carbonyl (C=O) groups is 1. The molecule has 8 nitrogen and oxygen atoms in total. The number of nitrogens with one attached hydrogen (secondary N) is 1. The van der Waals surface area contributed by atoms with Crippen LogP contribution in [0.2, 0.25) is 0 Å². The van der Waals surface area contributed by atoms with Gasteiger partial charge in [-0.2, -0.15) is 0 Å². The number of methoxy groups -OCH3 is 2. The summed E-state index contributed by atoms with van der Waals surface area (Å²) in [6.07, 6.45) is 3.63. The maximum atomic E-state index is 13.7. The molecule has 1 atom stereocenters. The van der Waals surface area contributed by atoms with E-state index in [-0.39, 0.29) is 22.4 Å². The molecule has 10 heteroatoms. The zero-order chi connectivity index (χ0) is 28.0. The highest BCUT2D eigenvalue weighted by molar-refractivity contribution is 7.92. The van der Waals surface area contributed by atoms with Gasteiger partial charge in [0.2, 0.25) is 5.91 Å². The third kappa shape index (κ3) is 6.62. The molecule has 1 unspecified atom stereocenters. The topological polar surface area (TPSA) is 88.2 Å². The van der Waals surface area contributed by atoms with E-state index < -0.39 is 28.3 Å². The summed E-state index contributed by atoms with van der Waals surface area (Å²) in [5, 5.41) is 2.89. The summed E-state index contributed by atoms with van der Waals surface area (Å²) in [7, 11) is -1.38. The van der Waals surface area contributed by atoms with Gasteiger partial charge in [0.15, 0.2) is 11.5 Å². The minimum atomic E-state index is -4.23. The number of hydrogen-bond donors (Lipinski definition) is 1. The van der Waals surface area contributed by atoms with Crippen LogP contribution in [-0.4, -0.2) is 48.2 Å². The van der Waals surface area contributed by atoms with Crippen molar-refractivity contribution in [1.29, 1.82) is 0 Å². The van der Waals surface area contributed by atoms with Crippen molar-refractivity contribution in [2.24, 2.45) is 0 Å². The molecule has 1 N–H and O–H groups in total. The third-order valence-electron chi connectivity index (χ3n) is 6.84. The Hall–Kier alpha value is -3.79. The van der Waals surface area contributed by atoms with Crippen molar-refractivity contribution in [2.45, 2.75) is 37.1 Å². The Morgan fingerprint density at radius 2 is 1.59 bits per heavy atom. The van der Waals surface area contributed by atoms with E-state index in [1.165, 1.54) is 63.8 Å². The molecule has 39 heavy (non-hydrogen) atoms. The Morgan fingerprint density at radius 1 is 0.949 bits per heavy atom. The smallest absolute Gasteiger partial charge is 0.264 e. The van der Waals surface area contributed by atoms with Crippen molar-refractivity contribution in [3.63, 3.8) is 0 Å². The molecule has 1 aliphatic heterocycles. The maximum absolute atomic E-state index is 13.7. The number of nitrogens with zero attached hydrogens (tertiary/aromatic N) is 2. The first kappa shape index (κ1) is 28.2. The van der Waals surface area contributed by atoms with Crippen LogP contribution in [0.5, 0.6) is 11.5 Å². The molecule has 0 aliphatic carbocycles. The minimum absolute atomic E-state index is 0.0985. The van der Waals surface area contributed by atoms with Gasteiger partial charge < -0.3 is 19.7 Å². The quantitative estimate of drug-likeness (QED) is 0.383. The molecule has 4 rings (SSSR count). The van der Waals surface area contributed by atoms with Crippen LogP contribution in [0.15, 0.2) is 71.6 Å². The van der Waals surface area contributed by atoms with Crippen molar-refractivity contribution in [1.82, 2.24) is 5.32 Å². The van der Waals surface area contributed by atoms with Crippen LogP contribution in [0.4, 0.5) is 15.8 Å². The van der Waals surface area contributed by atoms with Crippen molar-refractivity contribution < 1.29 is 27.1 Å². The lowest BCUT2D eigenvalue weighted by atomic mass is 10.1. The van der Waals surface area contributed by atoms with E-state index in [0.29, 0.717) is 5.75 Å². The van der Waals surface area contributed by atoms with Crippen molar-refractivity contribution in [3.05, 3.63) is 78.1 Å². The third-order valence-corrected chi connectivity index (χ3v) is 8.61. The first-order valence-electron chi connectivity index (χ1n) is 12.9. The molecule has 208 valence electrons. The fourth-order valence-electron chi connectivity index (χ4n) is 4.65. The lowest BCUT2D eigenvalue weighted by Crippen LogP contribution is -2.41. The number of anilines is 2. The Bertz CT molecular complexity index is 1380. The fourth-order valence-corrected chi connectivity index (χ4v) is 6.09. The molecule has 1 heterocycles. The highest BCUT2D eigenvalue weighted by atomic mass is 32.2. The predicted octanol–water partition coefficient (Wildman–Crippen LogP) is 4.91. The summed E-state index contributed by atoms with van der Waals surface area (Å²) in [5.74, 6) is -0.435. The Labute approximate surface area is 229 Å². The number of carbonyl (C=O) groups excluding carboxylic acids is 1. The van der Waals surface area contributed by atoms with E-state index in [0.717, 1.165) is 40.8 Å². The van der Waals surface area contributed by atoms with Gasteiger partial charge in [-0.3, -0.25) is 9.10 Å². The number of piperidine rings is 1. The number of ether oxygens (including phenoxy) is 2. The molecule has 1 fully saturated rings. The zero-order valence-electron chi connectivity index (χ0n) is 22.4. The second-order valence-electron chi connectivity index (χ2n) is 9.43. The molecule has 1 amide bonds. The summed E-state index contributed by atoms with van der Waals surface area (Å²) in [6.45, 7) is 3.43. The van der Waals surface area contributed by atoms with Crippen molar-refractivity contribution >= 4 is 27.3 Å². The summed E-state index contributed by atoms with van der Waals surface area (Å²) >= 11 is 0. The average Bonchev–Trinajstić information content (AvgIpc) is 2.96. The molecular formula is C29H34FN3O5S. The van der Waals surface area contributed by atoms with Gasteiger partial charge in [0.25, 0.3) is 10.0 Å². The lowest BCUT2D eigenvalue weighted by Gasteiger charge is -2.29. The van der Waals surface area contributed by atoms with E-state index >= 15 is 0 Å². The predicted molar refractivity (Wildman–Crippen MR) is 150 cm³/mol. The number of hydrogen-bond acceptors (Lipinski definition) is 6. The number of benzene rings is 3. The van der Waals surface area contributed by atoms with Crippen molar-refractivity contribution in [2.75, 3.05) is 43.1 Å². The van der Waals surface area contributed by atoms with Crippen LogP contribution in [0.25, 0.3) is 0 Å². The summed E-state index contributed by atoms with van der Waals surface area (Å²) < 4.78 is 52.5. The Balaban J connectivity index is 1.54. The molecule has 1 aliphatic rings. The molecule has 3 aromatic carbocycles. The largest absolute Gasteiger partial charge is 0.493 e. The molecule has 0 radical (unpaired) electrons. The monoisotopic (exact) mass is 555 g/mol. The van der Waals surface area contributed by atoms with Crippen LogP contribution in [0.3, 0.4) is 0 Å². The first-order chi connectivity index (χ1) is 18.7. The Morgan fingerprint density at radius 3 is 2.21 bits per heavy atom. The van der Waals surface area contributed by atoms with Gasteiger partial charge in [-0.1, -0.05) is 12.1 Å². The number of rotatable bonds is 10. The Kier molecular flexibility index (Phi) is 8.96. The zero-order valence-corrected chi connectivity index (χ0v) is 23.2. The van der Waals surface area contributed by atoms with Gasteiger partial charge in [-0.05, 0) is 80.3 Å². The van der Waals surface area contributed by atoms with E-state index in [1.807, 2.05) is 19.1 Å². The lowest BCUT2D eigenvalue weighted by molar-refractivity contribution is -0.120. The van der Waals surface area contributed by atoms with Gasteiger partial charge in [-0.15, -0.1) is 0 Å². The summed E-state index contributed by atoms with van der Waals surface area (Å²) in [4.78, 5) is 15.4. The van der Waals surface area contributed by atoms with Crippen LogP contribution >= 0.6 is 0 Å². The number of amides is 1. The average molecular weight is 556 g/mol. The molecule has 1 saturated heterocycles. The van der Waals surface area contributed by atoms with Gasteiger partial charge in [0, 0.05) is 24.8 Å². The summed E-state index contributed by atoms with van der Waals surface area (Å²) in [5.41, 5.74) is 2.21. The van der Waals surface area contributed by atoms with Crippen LogP contribution in [-0.2, 0) is 14.8 Å². The maximum Gasteiger partial charge on any atom is 0.264 e. The van der Waals surface area contributed by atoms with Gasteiger partial charge >= 0.3 is 0 Å². The highest BCUT2D eigenvalue weighted by Gasteiger charge is 2.29. The second-order valence-corrected chi connectivity index (χ2v) is 11.3. The second kappa shape index (κ2) is 12.4. The van der Waals surface area contributed by atoms with Crippen molar-refractivity contribution in [3.8, 4) is 11.5 Å².